The lowest BCUT2D eigenvalue weighted by Crippen LogP contribution is -2.43. The van der Waals surface area contributed by atoms with E-state index >= 15 is 0 Å². The Morgan fingerprint density at radius 1 is 1.26 bits per heavy atom. The molecule has 0 saturated carbocycles. The molecule has 0 radical (unpaired) electrons. The van der Waals surface area contributed by atoms with Crippen LogP contribution in [0.2, 0.25) is 0 Å². The Morgan fingerprint density at radius 3 is 2.59 bits per heavy atom. The number of rotatable bonds is 4. The van der Waals surface area contributed by atoms with E-state index in [1.807, 2.05) is 23.2 Å². The van der Waals surface area contributed by atoms with Gasteiger partial charge in [-0.15, -0.1) is 0 Å². The van der Waals surface area contributed by atoms with Crippen LogP contribution in [0.25, 0.3) is 0 Å². The normalized spacial score (nSPS) is 20.4. The lowest BCUT2D eigenvalue weighted by molar-refractivity contribution is -0.137. The number of halogens is 3. The third-order valence-electron chi connectivity index (χ3n) is 7.04. The van der Waals surface area contributed by atoms with Gasteiger partial charge in [0.15, 0.2) is 0 Å². The summed E-state index contributed by atoms with van der Waals surface area (Å²) >= 11 is 0. The minimum atomic E-state index is -4.64. The molecule has 2 aliphatic heterocycles. The Balaban J connectivity index is 1.57. The fraction of sp³-hybridized carbons (Fsp3) is 0.480. The van der Waals surface area contributed by atoms with Crippen molar-refractivity contribution in [1.29, 1.82) is 5.26 Å². The van der Waals surface area contributed by atoms with Crippen LogP contribution in [0.3, 0.4) is 0 Å². The van der Waals surface area contributed by atoms with Crippen LogP contribution >= 0.6 is 0 Å². The van der Waals surface area contributed by atoms with Gasteiger partial charge in [0.1, 0.15) is 6.04 Å². The number of benzene rings is 1. The fourth-order valence-corrected chi connectivity index (χ4v) is 5.19. The van der Waals surface area contributed by atoms with Gasteiger partial charge in [-0.2, -0.15) is 18.4 Å². The highest BCUT2D eigenvalue weighted by Crippen LogP contribution is 2.46. The van der Waals surface area contributed by atoms with Crippen LogP contribution in [-0.2, 0) is 17.5 Å². The number of carbonyl (C=O) groups excluding carboxylic acids is 1. The summed E-state index contributed by atoms with van der Waals surface area (Å²) in [6.45, 7) is 3.03. The average Bonchev–Trinajstić information content (AvgIpc) is 3.19. The molecule has 2 aromatic rings. The molecule has 2 fully saturated rings. The molecule has 1 unspecified atom stereocenters. The highest BCUT2D eigenvalue weighted by molar-refractivity contribution is 5.86. The van der Waals surface area contributed by atoms with E-state index in [0.717, 1.165) is 44.1 Å². The summed E-state index contributed by atoms with van der Waals surface area (Å²) in [7, 11) is 3.34. The second-order valence-electron chi connectivity index (χ2n) is 9.56. The maximum atomic E-state index is 13.6. The predicted molar refractivity (Wildman–Crippen MR) is 122 cm³/mol. The maximum absolute atomic E-state index is 13.6. The standard InChI is InChI=1S/C25H28F3N5O/c1-31(2)23(34)22-13-24(7-10-32(11-8-24)16-18-4-3-9-30-15-18)17-33(22)20-6-5-19(14-29)21(12-20)25(26,27)28/h3-6,9,12,15,22H,7-8,10-11,13,16-17H2,1-2H3. The molecule has 0 N–H and O–H groups in total. The Bertz CT molecular complexity index is 1070. The van der Waals surface area contributed by atoms with Crippen LogP contribution in [0.1, 0.15) is 36.0 Å². The third kappa shape index (κ3) is 4.87. The number of anilines is 1. The Kier molecular flexibility index (Phi) is 6.54. The number of nitriles is 1. The van der Waals surface area contributed by atoms with Crippen LogP contribution in [0.5, 0.6) is 0 Å². The van der Waals surface area contributed by atoms with Crippen molar-refractivity contribution < 1.29 is 18.0 Å². The van der Waals surface area contributed by atoms with Crippen LogP contribution < -0.4 is 4.90 Å². The molecule has 1 aromatic carbocycles. The molecule has 3 heterocycles. The van der Waals surface area contributed by atoms with Gasteiger partial charge in [0.05, 0.1) is 17.2 Å². The zero-order chi connectivity index (χ0) is 24.5. The first kappa shape index (κ1) is 24.0. The minimum absolute atomic E-state index is 0.118. The van der Waals surface area contributed by atoms with E-state index in [4.69, 9.17) is 5.26 Å². The summed E-state index contributed by atoms with van der Waals surface area (Å²) in [5.41, 5.74) is -0.0422. The predicted octanol–water partition coefficient (Wildman–Crippen LogP) is 3.92. The number of alkyl halides is 3. The van der Waals surface area contributed by atoms with Gasteiger partial charge in [-0.3, -0.25) is 14.7 Å². The molecule has 1 atom stereocenters. The number of hydrogen-bond donors (Lipinski definition) is 0. The molecular formula is C25H28F3N5O. The monoisotopic (exact) mass is 471 g/mol. The number of amides is 1. The smallest absolute Gasteiger partial charge is 0.359 e. The van der Waals surface area contributed by atoms with Crippen molar-refractivity contribution in [2.24, 2.45) is 5.41 Å². The highest BCUT2D eigenvalue weighted by Gasteiger charge is 2.49. The summed E-state index contributed by atoms with van der Waals surface area (Å²) in [6, 6.07) is 8.81. The number of aromatic nitrogens is 1. The summed E-state index contributed by atoms with van der Waals surface area (Å²) in [5, 5.41) is 9.15. The molecule has 2 saturated heterocycles. The number of carbonyl (C=O) groups is 1. The van der Waals surface area contributed by atoms with E-state index in [2.05, 4.69) is 9.88 Å². The first-order chi connectivity index (χ1) is 16.1. The van der Waals surface area contributed by atoms with Crippen LogP contribution in [0.15, 0.2) is 42.7 Å². The zero-order valence-electron chi connectivity index (χ0n) is 19.3. The number of hydrogen-bond acceptors (Lipinski definition) is 5. The topological polar surface area (TPSA) is 63.5 Å². The molecule has 0 bridgehead atoms. The van der Waals surface area contributed by atoms with Crippen LogP contribution in [0.4, 0.5) is 18.9 Å². The lowest BCUT2D eigenvalue weighted by atomic mass is 9.76. The van der Waals surface area contributed by atoms with Gasteiger partial charge in [0.2, 0.25) is 5.91 Å². The average molecular weight is 472 g/mol. The quantitative estimate of drug-likeness (QED) is 0.677. The van der Waals surface area contributed by atoms with Gasteiger partial charge in [0.25, 0.3) is 0 Å². The number of nitrogens with zero attached hydrogens (tertiary/aromatic N) is 5. The summed E-state index contributed by atoms with van der Waals surface area (Å²) in [5.74, 6) is -0.118. The van der Waals surface area contributed by atoms with Gasteiger partial charge in [-0.1, -0.05) is 6.07 Å². The molecule has 4 rings (SSSR count). The molecule has 180 valence electrons. The Labute approximate surface area is 197 Å². The van der Waals surface area contributed by atoms with Gasteiger partial charge >= 0.3 is 6.18 Å². The SMILES string of the molecule is CN(C)C(=O)C1CC2(CCN(Cc3cccnc3)CC2)CN1c1ccc(C#N)c(C(F)(F)F)c1. The molecule has 34 heavy (non-hydrogen) atoms. The fourth-order valence-electron chi connectivity index (χ4n) is 5.19. The van der Waals surface area contributed by atoms with E-state index in [1.54, 1.807) is 26.4 Å². The van der Waals surface area contributed by atoms with Gasteiger partial charge < -0.3 is 9.80 Å². The molecule has 1 amide bonds. The van der Waals surface area contributed by atoms with Crippen molar-refractivity contribution in [1.82, 2.24) is 14.8 Å². The van der Waals surface area contributed by atoms with Crippen molar-refractivity contribution in [3.8, 4) is 6.07 Å². The van der Waals surface area contributed by atoms with E-state index in [9.17, 15) is 18.0 Å². The number of likely N-dealkylation sites (tertiary alicyclic amines) is 1. The zero-order valence-corrected chi connectivity index (χ0v) is 19.3. The van der Waals surface area contributed by atoms with E-state index in [0.29, 0.717) is 18.7 Å². The van der Waals surface area contributed by atoms with Crippen molar-refractivity contribution >= 4 is 11.6 Å². The highest BCUT2D eigenvalue weighted by atomic mass is 19.4. The molecule has 6 nitrogen and oxygen atoms in total. The van der Waals surface area contributed by atoms with Crippen LogP contribution in [0, 0.1) is 16.7 Å². The molecule has 2 aliphatic rings. The first-order valence-corrected chi connectivity index (χ1v) is 11.3. The number of likely N-dealkylation sites (N-methyl/N-ethyl adjacent to an activating group) is 1. The first-order valence-electron chi connectivity index (χ1n) is 11.3. The van der Waals surface area contributed by atoms with Gasteiger partial charge in [-0.25, -0.2) is 0 Å². The molecular weight excluding hydrogens is 443 g/mol. The van der Waals surface area contributed by atoms with E-state index in [-0.39, 0.29) is 11.3 Å². The summed E-state index contributed by atoms with van der Waals surface area (Å²) in [6.07, 6.45) is 1.30. The van der Waals surface area contributed by atoms with Crippen molar-refractivity contribution in [2.45, 2.75) is 38.0 Å². The third-order valence-corrected chi connectivity index (χ3v) is 7.04. The molecule has 0 aliphatic carbocycles. The lowest BCUT2D eigenvalue weighted by Gasteiger charge is -2.39. The van der Waals surface area contributed by atoms with Crippen LogP contribution in [-0.4, -0.2) is 60.5 Å². The molecule has 1 aromatic heterocycles. The maximum Gasteiger partial charge on any atom is 0.417 e. The van der Waals surface area contributed by atoms with Gasteiger partial charge in [-0.05, 0) is 67.6 Å². The van der Waals surface area contributed by atoms with E-state index in [1.165, 1.54) is 17.0 Å². The van der Waals surface area contributed by atoms with Crippen molar-refractivity contribution in [2.75, 3.05) is 38.6 Å². The number of pyridine rings is 1. The van der Waals surface area contributed by atoms with Crippen molar-refractivity contribution in [3.63, 3.8) is 0 Å². The van der Waals surface area contributed by atoms with Crippen molar-refractivity contribution in [3.05, 3.63) is 59.4 Å². The second kappa shape index (κ2) is 9.26. The Morgan fingerprint density at radius 2 is 2.00 bits per heavy atom. The molecule has 1 spiro atoms. The van der Waals surface area contributed by atoms with Gasteiger partial charge in [0, 0.05) is 45.3 Å². The Hall–Kier alpha value is -3.12. The van der Waals surface area contributed by atoms with E-state index < -0.39 is 23.3 Å². The number of piperidine rings is 1. The largest absolute Gasteiger partial charge is 0.417 e. The molecule has 9 heteroatoms. The second-order valence-corrected chi connectivity index (χ2v) is 9.56. The summed E-state index contributed by atoms with van der Waals surface area (Å²) < 4.78 is 40.8. The minimum Gasteiger partial charge on any atom is -0.359 e. The summed E-state index contributed by atoms with van der Waals surface area (Å²) in [4.78, 5) is 22.9.